The molecule has 0 atom stereocenters. The van der Waals surface area contributed by atoms with Crippen molar-refractivity contribution in [3.8, 4) is 0 Å². The van der Waals surface area contributed by atoms with Gasteiger partial charge in [-0.05, 0) is 25.5 Å². The predicted molar refractivity (Wildman–Crippen MR) is 70.9 cm³/mol. The molecule has 6 heteroatoms. The summed E-state index contributed by atoms with van der Waals surface area (Å²) in [6.45, 7) is 5.11. The third-order valence-electron chi connectivity index (χ3n) is 2.64. The second kappa shape index (κ2) is 6.13. The number of halogens is 1. The van der Waals surface area contributed by atoms with Crippen molar-refractivity contribution in [1.29, 1.82) is 0 Å². The molecule has 0 radical (unpaired) electrons. The summed E-state index contributed by atoms with van der Waals surface area (Å²) in [5, 5.41) is 14.1. The quantitative estimate of drug-likeness (QED) is 0.639. The Bertz CT molecular complexity index is 435. The second-order valence-corrected chi connectivity index (χ2v) is 5.02. The molecule has 100 valence electrons. The summed E-state index contributed by atoms with van der Waals surface area (Å²) in [4.78, 5) is 10.3. The molecule has 0 heterocycles. The van der Waals surface area contributed by atoms with Gasteiger partial charge in [-0.25, -0.2) is 0 Å². The molecular weight excluding hydrogens is 256 g/mol. The van der Waals surface area contributed by atoms with Crippen molar-refractivity contribution in [1.82, 2.24) is 5.32 Å². The SMILES string of the molecule is COC(C)(C)CNCc1ccc(Cl)c([N+](=O)[O-])c1. The number of nitro groups is 1. The molecule has 0 saturated carbocycles. The average Bonchev–Trinajstić information content (AvgIpc) is 2.31. The predicted octanol–water partition coefficient (Wildman–Crippen LogP) is 2.76. The van der Waals surface area contributed by atoms with E-state index in [2.05, 4.69) is 5.32 Å². The standard InChI is InChI=1S/C12H17ClN2O3/c1-12(2,18-3)8-14-7-9-4-5-10(13)11(6-9)15(16)17/h4-6,14H,7-8H2,1-3H3. The molecule has 18 heavy (non-hydrogen) atoms. The highest BCUT2D eigenvalue weighted by atomic mass is 35.5. The lowest BCUT2D eigenvalue weighted by atomic mass is 10.1. The van der Waals surface area contributed by atoms with Crippen molar-refractivity contribution in [2.75, 3.05) is 13.7 Å². The van der Waals surface area contributed by atoms with E-state index in [1.807, 2.05) is 13.8 Å². The zero-order chi connectivity index (χ0) is 13.8. The van der Waals surface area contributed by atoms with E-state index in [1.165, 1.54) is 12.1 Å². The average molecular weight is 273 g/mol. The van der Waals surface area contributed by atoms with Gasteiger partial charge in [-0.1, -0.05) is 17.7 Å². The normalized spacial score (nSPS) is 11.6. The van der Waals surface area contributed by atoms with Gasteiger partial charge in [0, 0.05) is 26.3 Å². The Kier molecular flexibility index (Phi) is 5.07. The monoisotopic (exact) mass is 272 g/mol. The van der Waals surface area contributed by atoms with E-state index >= 15 is 0 Å². The number of hydrogen-bond acceptors (Lipinski definition) is 4. The van der Waals surface area contributed by atoms with Crippen LogP contribution in [-0.4, -0.2) is 24.2 Å². The molecule has 1 N–H and O–H groups in total. The molecule has 1 rings (SSSR count). The Labute approximate surface area is 111 Å². The highest BCUT2D eigenvalue weighted by Gasteiger charge is 2.16. The first kappa shape index (κ1) is 14.9. The van der Waals surface area contributed by atoms with Crippen LogP contribution in [0.15, 0.2) is 18.2 Å². The van der Waals surface area contributed by atoms with Gasteiger partial charge in [0.15, 0.2) is 0 Å². The van der Waals surface area contributed by atoms with Gasteiger partial charge in [-0.3, -0.25) is 10.1 Å². The second-order valence-electron chi connectivity index (χ2n) is 4.61. The first-order chi connectivity index (χ1) is 8.35. The van der Waals surface area contributed by atoms with Gasteiger partial charge in [-0.2, -0.15) is 0 Å². The fourth-order valence-corrected chi connectivity index (χ4v) is 1.57. The molecule has 0 aliphatic rings. The maximum Gasteiger partial charge on any atom is 0.288 e. The van der Waals surface area contributed by atoms with Crippen molar-refractivity contribution in [3.05, 3.63) is 38.9 Å². The highest BCUT2D eigenvalue weighted by Crippen LogP contribution is 2.24. The summed E-state index contributed by atoms with van der Waals surface area (Å²) < 4.78 is 5.26. The minimum atomic E-state index is -0.481. The van der Waals surface area contributed by atoms with E-state index in [-0.39, 0.29) is 16.3 Å². The zero-order valence-corrected chi connectivity index (χ0v) is 11.5. The van der Waals surface area contributed by atoms with E-state index in [9.17, 15) is 10.1 Å². The number of benzene rings is 1. The topological polar surface area (TPSA) is 64.4 Å². The van der Waals surface area contributed by atoms with Crippen LogP contribution in [0, 0.1) is 10.1 Å². The molecule has 0 saturated heterocycles. The van der Waals surface area contributed by atoms with Gasteiger partial charge in [0.2, 0.25) is 0 Å². The summed E-state index contributed by atoms with van der Waals surface area (Å²) in [6, 6.07) is 4.79. The van der Waals surface area contributed by atoms with Crippen LogP contribution in [-0.2, 0) is 11.3 Å². The fraction of sp³-hybridized carbons (Fsp3) is 0.500. The van der Waals surface area contributed by atoms with Gasteiger partial charge in [-0.15, -0.1) is 0 Å². The lowest BCUT2D eigenvalue weighted by Gasteiger charge is -2.23. The molecule has 0 fully saturated rings. The van der Waals surface area contributed by atoms with Crippen LogP contribution in [0.25, 0.3) is 0 Å². The van der Waals surface area contributed by atoms with E-state index in [0.717, 1.165) is 5.56 Å². The first-order valence-corrected chi connectivity index (χ1v) is 5.92. The number of hydrogen-bond donors (Lipinski definition) is 1. The maximum atomic E-state index is 10.7. The first-order valence-electron chi connectivity index (χ1n) is 5.54. The van der Waals surface area contributed by atoms with Crippen LogP contribution < -0.4 is 5.32 Å². The van der Waals surface area contributed by atoms with E-state index < -0.39 is 4.92 Å². The number of nitro benzene ring substituents is 1. The Morgan fingerprint density at radius 1 is 1.50 bits per heavy atom. The molecule has 1 aromatic carbocycles. The fourth-order valence-electron chi connectivity index (χ4n) is 1.39. The Hall–Kier alpha value is -1.17. The minimum absolute atomic E-state index is 0.0676. The molecule has 0 unspecified atom stereocenters. The summed E-state index contributed by atoms with van der Waals surface area (Å²) in [6.07, 6.45) is 0. The van der Waals surface area contributed by atoms with Crippen molar-refractivity contribution < 1.29 is 9.66 Å². The van der Waals surface area contributed by atoms with Crippen LogP contribution >= 0.6 is 11.6 Å². The summed E-state index contributed by atoms with van der Waals surface area (Å²) >= 11 is 5.74. The lowest BCUT2D eigenvalue weighted by Crippen LogP contribution is -2.36. The molecule has 0 amide bonds. The summed E-state index contributed by atoms with van der Waals surface area (Å²) in [5.41, 5.74) is 0.484. The molecule has 0 aliphatic carbocycles. The molecular formula is C12H17ClN2O3. The van der Waals surface area contributed by atoms with Crippen LogP contribution in [0.2, 0.25) is 5.02 Å². The van der Waals surface area contributed by atoms with Gasteiger partial charge in [0.1, 0.15) is 5.02 Å². The van der Waals surface area contributed by atoms with E-state index in [1.54, 1.807) is 13.2 Å². The van der Waals surface area contributed by atoms with Gasteiger partial charge >= 0.3 is 0 Å². The minimum Gasteiger partial charge on any atom is -0.377 e. The molecule has 0 aromatic heterocycles. The largest absolute Gasteiger partial charge is 0.377 e. The van der Waals surface area contributed by atoms with E-state index in [4.69, 9.17) is 16.3 Å². The lowest BCUT2D eigenvalue weighted by molar-refractivity contribution is -0.384. The number of nitrogens with zero attached hydrogens (tertiary/aromatic N) is 1. The van der Waals surface area contributed by atoms with Crippen molar-refractivity contribution in [3.63, 3.8) is 0 Å². The molecule has 0 bridgehead atoms. The number of nitrogens with one attached hydrogen (secondary N) is 1. The number of rotatable bonds is 6. The van der Waals surface area contributed by atoms with Crippen LogP contribution in [0.4, 0.5) is 5.69 Å². The van der Waals surface area contributed by atoms with Crippen LogP contribution in [0.1, 0.15) is 19.4 Å². The van der Waals surface area contributed by atoms with Gasteiger partial charge in [0.25, 0.3) is 5.69 Å². The Morgan fingerprint density at radius 3 is 2.72 bits per heavy atom. The maximum absolute atomic E-state index is 10.7. The third kappa shape index (κ3) is 4.25. The number of ether oxygens (including phenoxy) is 1. The Balaban J connectivity index is 2.64. The molecule has 1 aromatic rings. The summed E-state index contributed by atoms with van der Waals surface area (Å²) in [5.74, 6) is 0. The summed E-state index contributed by atoms with van der Waals surface area (Å²) in [7, 11) is 1.65. The highest BCUT2D eigenvalue weighted by molar-refractivity contribution is 6.32. The number of methoxy groups -OCH3 is 1. The van der Waals surface area contributed by atoms with Gasteiger partial charge < -0.3 is 10.1 Å². The van der Waals surface area contributed by atoms with Gasteiger partial charge in [0.05, 0.1) is 10.5 Å². The van der Waals surface area contributed by atoms with Crippen LogP contribution in [0.5, 0.6) is 0 Å². The molecule has 5 nitrogen and oxygen atoms in total. The van der Waals surface area contributed by atoms with Crippen molar-refractivity contribution in [2.24, 2.45) is 0 Å². The van der Waals surface area contributed by atoms with E-state index in [0.29, 0.717) is 13.1 Å². The molecule has 0 aliphatic heterocycles. The smallest absolute Gasteiger partial charge is 0.288 e. The van der Waals surface area contributed by atoms with Crippen molar-refractivity contribution >= 4 is 17.3 Å². The Morgan fingerprint density at radius 2 is 2.17 bits per heavy atom. The third-order valence-corrected chi connectivity index (χ3v) is 2.96. The van der Waals surface area contributed by atoms with Crippen molar-refractivity contribution in [2.45, 2.75) is 26.0 Å². The zero-order valence-electron chi connectivity index (χ0n) is 10.7. The molecule has 0 spiro atoms. The van der Waals surface area contributed by atoms with Crippen LogP contribution in [0.3, 0.4) is 0 Å².